The van der Waals surface area contributed by atoms with E-state index in [-0.39, 0.29) is 0 Å². The highest BCUT2D eigenvalue weighted by atomic mass is 16.7. The van der Waals surface area contributed by atoms with E-state index in [1.807, 2.05) is 48.1 Å². The molecule has 8 nitrogen and oxygen atoms in total. The molecule has 1 aromatic carbocycles. The fourth-order valence-corrected chi connectivity index (χ4v) is 3.21. The molecule has 2 N–H and O–H groups in total. The third-order valence-corrected chi connectivity index (χ3v) is 4.79. The Morgan fingerprint density at radius 1 is 1.10 bits per heavy atom. The van der Waals surface area contributed by atoms with Crippen LogP contribution in [-0.2, 0) is 13.0 Å². The van der Waals surface area contributed by atoms with E-state index >= 15 is 0 Å². The maximum Gasteiger partial charge on any atom is 0.231 e. The van der Waals surface area contributed by atoms with Crippen molar-refractivity contribution in [3.8, 4) is 17.3 Å². The fraction of sp³-hybridized carbons (Fsp3) is 0.318. The van der Waals surface area contributed by atoms with Gasteiger partial charge in [-0.25, -0.2) is 15.0 Å². The summed E-state index contributed by atoms with van der Waals surface area (Å²) >= 11 is 0. The Balaban J connectivity index is 1.32. The average molecular weight is 406 g/mol. The smallest absolute Gasteiger partial charge is 0.231 e. The van der Waals surface area contributed by atoms with Crippen LogP contribution in [0.3, 0.4) is 0 Å². The van der Waals surface area contributed by atoms with Crippen LogP contribution in [0.5, 0.6) is 11.5 Å². The minimum atomic E-state index is 0.298. The summed E-state index contributed by atoms with van der Waals surface area (Å²) in [5.41, 5.74) is 2.24. The van der Waals surface area contributed by atoms with Crippen molar-refractivity contribution in [2.45, 2.75) is 26.8 Å². The molecule has 0 saturated carbocycles. The van der Waals surface area contributed by atoms with Crippen LogP contribution in [0, 0.1) is 6.92 Å². The third-order valence-electron chi connectivity index (χ3n) is 4.79. The van der Waals surface area contributed by atoms with Crippen LogP contribution >= 0.6 is 0 Å². The molecule has 1 aliphatic heterocycles. The number of nitrogens with one attached hydrogen (secondary N) is 2. The van der Waals surface area contributed by atoms with Gasteiger partial charge in [0.15, 0.2) is 17.5 Å². The van der Waals surface area contributed by atoms with E-state index in [0.29, 0.717) is 13.3 Å². The Morgan fingerprint density at radius 2 is 1.97 bits per heavy atom. The predicted octanol–water partition coefficient (Wildman–Crippen LogP) is 2.60. The first kappa shape index (κ1) is 19.8. The van der Waals surface area contributed by atoms with Gasteiger partial charge in [-0.15, -0.1) is 0 Å². The summed E-state index contributed by atoms with van der Waals surface area (Å²) in [6.45, 7) is 6.42. The third kappa shape index (κ3) is 4.71. The number of nitrogens with zero attached hydrogens (tertiary/aromatic N) is 4. The van der Waals surface area contributed by atoms with Crippen molar-refractivity contribution >= 4 is 5.96 Å². The van der Waals surface area contributed by atoms with Gasteiger partial charge >= 0.3 is 0 Å². The van der Waals surface area contributed by atoms with E-state index in [0.717, 1.165) is 54.2 Å². The quantitative estimate of drug-likeness (QED) is 0.463. The maximum absolute atomic E-state index is 5.44. The Labute approximate surface area is 176 Å². The number of aromatic nitrogens is 3. The molecule has 0 amide bonds. The molecule has 0 fully saturated rings. The lowest BCUT2D eigenvalue weighted by molar-refractivity contribution is 0.174. The van der Waals surface area contributed by atoms with Crippen LogP contribution in [0.2, 0.25) is 0 Å². The van der Waals surface area contributed by atoms with Gasteiger partial charge in [0, 0.05) is 31.7 Å². The minimum Gasteiger partial charge on any atom is -0.454 e. The SMILES string of the molecule is CCNC(=NCc1ccc(-n2ccnc2C)nc1)NCCc1ccc2c(c1)OCO2. The van der Waals surface area contributed by atoms with E-state index in [9.17, 15) is 0 Å². The van der Waals surface area contributed by atoms with Crippen molar-refractivity contribution in [3.63, 3.8) is 0 Å². The Bertz CT molecular complexity index is 1010. The molecule has 156 valence electrons. The van der Waals surface area contributed by atoms with Crippen LogP contribution < -0.4 is 20.1 Å². The van der Waals surface area contributed by atoms with E-state index in [2.05, 4.69) is 38.6 Å². The zero-order chi connectivity index (χ0) is 20.8. The van der Waals surface area contributed by atoms with E-state index in [1.54, 1.807) is 6.20 Å². The number of benzene rings is 1. The molecule has 0 radical (unpaired) electrons. The van der Waals surface area contributed by atoms with Crippen molar-refractivity contribution in [1.29, 1.82) is 0 Å². The summed E-state index contributed by atoms with van der Waals surface area (Å²) in [5, 5.41) is 6.67. The van der Waals surface area contributed by atoms with Crippen LogP contribution in [0.4, 0.5) is 0 Å². The maximum atomic E-state index is 5.44. The van der Waals surface area contributed by atoms with E-state index in [1.165, 1.54) is 5.56 Å². The first-order valence-electron chi connectivity index (χ1n) is 10.1. The molecule has 4 rings (SSSR count). The molecular formula is C22H26N6O2. The van der Waals surface area contributed by atoms with Gasteiger partial charge < -0.3 is 20.1 Å². The predicted molar refractivity (Wildman–Crippen MR) is 115 cm³/mol. The van der Waals surface area contributed by atoms with Gasteiger partial charge in [0.05, 0.1) is 6.54 Å². The molecule has 8 heteroatoms. The molecule has 0 saturated heterocycles. The molecule has 30 heavy (non-hydrogen) atoms. The number of guanidine groups is 1. The number of aryl methyl sites for hydroxylation is 1. The van der Waals surface area contributed by atoms with Gasteiger partial charge in [0.2, 0.25) is 6.79 Å². The molecular weight excluding hydrogens is 380 g/mol. The van der Waals surface area contributed by atoms with Gasteiger partial charge in [-0.2, -0.15) is 0 Å². The van der Waals surface area contributed by atoms with Crippen LogP contribution in [-0.4, -0.2) is 40.4 Å². The summed E-state index contributed by atoms with van der Waals surface area (Å²) in [5.74, 6) is 4.17. The van der Waals surface area contributed by atoms with E-state index < -0.39 is 0 Å². The summed E-state index contributed by atoms with van der Waals surface area (Å²) < 4.78 is 12.8. The number of hydrogen-bond acceptors (Lipinski definition) is 5. The van der Waals surface area contributed by atoms with Crippen molar-refractivity contribution in [2.75, 3.05) is 19.9 Å². The topological polar surface area (TPSA) is 85.6 Å². The lowest BCUT2D eigenvalue weighted by Crippen LogP contribution is -2.38. The first-order chi connectivity index (χ1) is 14.7. The van der Waals surface area contributed by atoms with Gasteiger partial charge in [-0.1, -0.05) is 12.1 Å². The second-order valence-electron chi connectivity index (χ2n) is 6.93. The summed E-state index contributed by atoms with van der Waals surface area (Å²) in [6, 6.07) is 10.1. The number of pyridine rings is 1. The number of fused-ring (bicyclic) bond motifs is 1. The van der Waals surface area contributed by atoms with Gasteiger partial charge in [-0.05, 0) is 49.6 Å². The summed E-state index contributed by atoms with van der Waals surface area (Å²) in [7, 11) is 0. The van der Waals surface area contributed by atoms with Gasteiger partial charge in [0.25, 0.3) is 0 Å². The number of ether oxygens (including phenoxy) is 2. The number of hydrogen-bond donors (Lipinski definition) is 2. The largest absolute Gasteiger partial charge is 0.454 e. The Morgan fingerprint density at radius 3 is 2.73 bits per heavy atom. The Kier molecular flexibility index (Phi) is 6.12. The monoisotopic (exact) mass is 406 g/mol. The highest BCUT2D eigenvalue weighted by Gasteiger charge is 2.13. The molecule has 0 unspecified atom stereocenters. The molecule has 0 atom stereocenters. The average Bonchev–Trinajstić information content (AvgIpc) is 3.41. The molecule has 0 bridgehead atoms. The van der Waals surface area contributed by atoms with E-state index in [4.69, 9.17) is 9.47 Å². The molecule has 2 aromatic heterocycles. The molecule has 1 aliphatic rings. The Hall–Kier alpha value is -3.55. The van der Waals surface area contributed by atoms with Crippen molar-refractivity contribution in [2.24, 2.45) is 4.99 Å². The van der Waals surface area contributed by atoms with Crippen LogP contribution in [0.25, 0.3) is 5.82 Å². The fourth-order valence-electron chi connectivity index (χ4n) is 3.21. The lowest BCUT2D eigenvalue weighted by Gasteiger charge is -2.12. The first-order valence-corrected chi connectivity index (χ1v) is 10.1. The minimum absolute atomic E-state index is 0.298. The lowest BCUT2D eigenvalue weighted by atomic mass is 10.1. The molecule has 3 aromatic rings. The summed E-state index contributed by atoms with van der Waals surface area (Å²) in [4.78, 5) is 13.4. The number of aliphatic imine (C=N–C) groups is 1. The van der Waals surface area contributed by atoms with Crippen LogP contribution in [0.1, 0.15) is 23.9 Å². The normalized spacial score (nSPS) is 12.8. The second-order valence-corrected chi connectivity index (χ2v) is 6.93. The number of rotatable bonds is 7. The highest BCUT2D eigenvalue weighted by molar-refractivity contribution is 5.79. The van der Waals surface area contributed by atoms with Crippen LogP contribution in [0.15, 0.2) is 53.9 Å². The van der Waals surface area contributed by atoms with Gasteiger partial charge in [0.1, 0.15) is 11.6 Å². The number of imidazole rings is 1. The molecule has 0 aliphatic carbocycles. The zero-order valence-corrected chi connectivity index (χ0v) is 17.3. The standard InChI is InChI=1S/C22H26N6O2/c1-3-23-22(25-9-8-17-4-6-19-20(12-17)30-15-29-19)27-14-18-5-7-21(26-13-18)28-11-10-24-16(28)2/h4-7,10-13H,3,8-9,14-15H2,1-2H3,(H2,23,25,27). The second kappa shape index (κ2) is 9.30. The molecule has 3 heterocycles. The van der Waals surface area contributed by atoms with Crippen molar-refractivity contribution in [3.05, 3.63) is 65.9 Å². The highest BCUT2D eigenvalue weighted by Crippen LogP contribution is 2.32. The summed E-state index contributed by atoms with van der Waals surface area (Å²) in [6.07, 6.45) is 6.39. The van der Waals surface area contributed by atoms with Gasteiger partial charge in [-0.3, -0.25) is 4.57 Å². The molecule has 0 spiro atoms. The zero-order valence-electron chi connectivity index (χ0n) is 17.3. The van der Waals surface area contributed by atoms with Crippen molar-refractivity contribution < 1.29 is 9.47 Å². The van der Waals surface area contributed by atoms with Crippen molar-refractivity contribution in [1.82, 2.24) is 25.2 Å².